The first-order valence-corrected chi connectivity index (χ1v) is 7.74. The summed E-state index contributed by atoms with van der Waals surface area (Å²) in [6, 6.07) is 8.42. The molecule has 0 unspecified atom stereocenters. The van der Waals surface area contributed by atoms with Crippen LogP contribution in [0, 0.1) is 0 Å². The Bertz CT molecular complexity index is 681. The van der Waals surface area contributed by atoms with E-state index < -0.39 is 11.9 Å². The van der Waals surface area contributed by atoms with Gasteiger partial charge in [-0.05, 0) is 24.3 Å². The van der Waals surface area contributed by atoms with E-state index in [4.69, 9.17) is 10.8 Å². The number of rotatable bonds is 5. The lowest BCUT2D eigenvalue weighted by molar-refractivity contribution is 0.0601. The number of anilines is 1. The maximum absolute atomic E-state index is 11.5. The molecule has 0 amide bonds. The second kappa shape index (κ2) is 6.64. The van der Waals surface area contributed by atoms with Crippen molar-refractivity contribution in [1.29, 1.82) is 0 Å². The van der Waals surface area contributed by atoms with E-state index in [1.165, 1.54) is 30.2 Å². The predicted octanol–water partition coefficient (Wildman–Crippen LogP) is 3.11. The van der Waals surface area contributed by atoms with E-state index in [-0.39, 0.29) is 5.56 Å². The summed E-state index contributed by atoms with van der Waals surface area (Å²) in [5.41, 5.74) is 6.40. The lowest BCUT2D eigenvalue weighted by atomic mass is 10.2. The van der Waals surface area contributed by atoms with Crippen molar-refractivity contribution in [1.82, 2.24) is 0 Å². The van der Waals surface area contributed by atoms with Crippen LogP contribution >= 0.6 is 23.1 Å². The third-order valence-electron chi connectivity index (χ3n) is 2.68. The van der Waals surface area contributed by atoms with E-state index in [1.54, 1.807) is 24.3 Å². The van der Waals surface area contributed by atoms with E-state index in [2.05, 4.69) is 4.74 Å². The molecular weight excluding hydrogens is 310 g/mol. The van der Waals surface area contributed by atoms with E-state index >= 15 is 0 Å². The second-order valence-electron chi connectivity index (χ2n) is 4.10. The van der Waals surface area contributed by atoms with Gasteiger partial charge >= 0.3 is 11.9 Å². The summed E-state index contributed by atoms with van der Waals surface area (Å²) in [5, 5.41) is 9.37. The van der Waals surface area contributed by atoms with E-state index in [9.17, 15) is 9.59 Å². The fourth-order valence-electron chi connectivity index (χ4n) is 1.67. The first-order valence-electron chi connectivity index (χ1n) is 5.94. The van der Waals surface area contributed by atoms with Crippen molar-refractivity contribution in [2.24, 2.45) is 0 Å². The third-order valence-corrected chi connectivity index (χ3v) is 4.87. The quantitative estimate of drug-likeness (QED) is 0.649. The maximum atomic E-state index is 11.5. The number of ether oxygens (including phenoxy) is 1. The molecule has 2 rings (SSSR count). The SMILES string of the molecule is COC(=O)c1cc(CSc2cccc(C(=O)O)c2)sc1N. The number of thioether (sulfide) groups is 1. The number of aromatic carboxylic acids is 1. The van der Waals surface area contributed by atoms with Crippen LogP contribution < -0.4 is 5.73 Å². The normalized spacial score (nSPS) is 10.3. The molecule has 1 aromatic carbocycles. The molecule has 3 N–H and O–H groups in total. The number of carbonyl (C=O) groups excluding carboxylic acids is 1. The highest BCUT2D eigenvalue weighted by Crippen LogP contribution is 2.31. The molecule has 0 saturated heterocycles. The van der Waals surface area contributed by atoms with Gasteiger partial charge in [-0.3, -0.25) is 0 Å². The van der Waals surface area contributed by atoms with Gasteiger partial charge in [-0.25, -0.2) is 9.59 Å². The second-order valence-corrected chi connectivity index (χ2v) is 6.32. The van der Waals surface area contributed by atoms with Crippen LogP contribution in [0.3, 0.4) is 0 Å². The Labute approximate surface area is 129 Å². The minimum Gasteiger partial charge on any atom is -0.478 e. The summed E-state index contributed by atoms with van der Waals surface area (Å²) in [6.07, 6.45) is 0. The summed E-state index contributed by atoms with van der Waals surface area (Å²) in [4.78, 5) is 24.2. The molecule has 1 aromatic heterocycles. The Morgan fingerprint density at radius 1 is 1.38 bits per heavy atom. The van der Waals surface area contributed by atoms with Crippen LogP contribution in [0.1, 0.15) is 25.6 Å². The molecule has 0 fully saturated rings. The van der Waals surface area contributed by atoms with Gasteiger partial charge in [0.15, 0.2) is 0 Å². The average molecular weight is 323 g/mol. The molecule has 0 aliphatic rings. The van der Waals surface area contributed by atoms with Crippen LogP contribution in [0.2, 0.25) is 0 Å². The fraction of sp³-hybridized carbons (Fsp3) is 0.143. The molecule has 1 heterocycles. The summed E-state index contributed by atoms with van der Waals surface area (Å²) in [6.45, 7) is 0. The van der Waals surface area contributed by atoms with Gasteiger partial charge in [-0.2, -0.15) is 0 Å². The Balaban J connectivity index is 2.08. The number of nitrogens with two attached hydrogens (primary N) is 1. The number of hydrogen-bond donors (Lipinski definition) is 2. The predicted molar refractivity (Wildman–Crippen MR) is 83.0 cm³/mol. The summed E-state index contributed by atoms with van der Waals surface area (Å²) in [7, 11) is 1.31. The smallest absolute Gasteiger partial charge is 0.340 e. The maximum Gasteiger partial charge on any atom is 0.340 e. The summed E-state index contributed by atoms with van der Waals surface area (Å²) < 4.78 is 4.65. The van der Waals surface area contributed by atoms with Gasteiger partial charge in [0.05, 0.1) is 18.2 Å². The molecule has 0 aliphatic carbocycles. The molecule has 0 saturated carbocycles. The lowest BCUT2D eigenvalue weighted by Crippen LogP contribution is -2.01. The summed E-state index contributed by atoms with van der Waals surface area (Å²) >= 11 is 2.81. The molecule has 7 heteroatoms. The van der Waals surface area contributed by atoms with Crippen LogP contribution in [0.4, 0.5) is 5.00 Å². The molecule has 5 nitrogen and oxygen atoms in total. The van der Waals surface area contributed by atoms with Crippen molar-refractivity contribution in [3.05, 3.63) is 46.3 Å². The number of methoxy groups -OCH3 is 1. The van der Waals surface area contributed by atoms with Crippen LogP contribution in [0.15, 0.2) is 35.2 Å². The third kappa shape index (κ3) is 3.77. The molecule has 21 heavy (non-hydrogen) atoms. The van der Waals surface area contributed by atoms with Crippen molar-refractivity contribution >= 4 is 40.0 Å². The Morgan fingerprint density at radius 3 is 2.81 bits per heavy atom. The Morgan fingerprint density at radius 2 is 2.14 bits per heavy atom. The van der Waals surface area contributed by atoms with Gasteiger partial charge in [0.25, 0.3) is 0 Å². The number of nitrogen functional groups attached to an aromatic ring is 1. The molecule has 0 bridgehead atoms. The minimum absolute atomic E-state index is 0.251. The van der Waals surface area contributed by atoms with Crippen molar-refractivity contribution in [3.63, 3.8) is 0 Å². The van der Waals surface area contributed by atoms with Crippen LogP contribution in [0.25, 0.3) is 0 Å². The first kappa shape index (κ1) is 15.4. The average Bonchev–Trinajstić information content (AvgIpc) is 2.85. The largest absolute Gasteiger partial charge is 0.478 e. The zero-order valence-electron chi connectivity index (χ0n) is 11.2. The number of carbonyl (C=O) groups is 2. The molecule has 0 atom stereocenters. The first-order chi connectivity index (χ1) is 10.0. The van der Waals surface area contributed by atoms with E-state index in [0.29, 0.717) is 16.3 Å². The van der Waals surface area contributed by atoms with Crippen molar-refractivity contribution in [2.45, 2.75) is 10.6 Å². The van der Waals surface area contributed by atoms with E-state index in [0.717, 1.165) is 9.77 Å². The van der Waals surface area contributed by atoms with Crippen molar-refractivity contribution < 1.29 is 19.4 Å². The van der Waals surface area contributed by atoms with Crippen LogP contribution in [-0.2, 0) is 10.5 Å². The molecular formula is C14H13NO4S2. The molecule has 0 radical (unpaired) electrons. The van der Waals surface area contributed by atoms with E-state index in [1.807, 2.05) is 6.07 Å². The number of thiophene rings is 1. The topological polar surface area (TPSA) is 89.6 Å². The number of carboxylic acids is 1. The standard InChI is InChI=1S/C14H13NO4S2/c1-19-14(18)11-6-10(21-12(11)15)7-20-9-4-2-3-8(5-9)13(16)17/h2-6H,7,15H2,1H3,(H,16,17). The van der Waals surface area contributed by atoms with Gasteiger partial charge in [0.1, 0.15) is 5.00 Å². The van der Waals surface area contributed by atoms with Gasteiger partial charge in [0, 0.05) is 15.5 Å². The monoisotopic (exact) mass is 323 g/mol. The highest BCUT2D eigenvalue weighted by atomic mass is 32.2. The number of carboxylic acid groups (broad SMARTS) is 1. The van der Waals surface area contributed by atoms with Gasteiger partial charge < -0.3 is 15.6 Å². The molecule has 2 aromatic rings. The molecule has 0 spiro atoms. The summed E-state index contributed by atoms with van der Waals surface area (Å²) in [5.74, 6) is -0.798. The zero-order valence-corrected chi connectivity index (χ0v) is 12.8. The molecule has 0 aliphatic heterocycles. The Kier molecular flexibility index (Phi) is 4.87. The van der Waals surface area contributed by atoms with Crippen molar-refractivity contribution in [3.8, 4) is 0 Å². The van der Waals surface area contributed by atoms with Crippen LogP contribution in [0.5, 0.6) is 0 Å². The van der Waals surface area contributed by atoms with Crippen molar-refractivity contribution in [2.75, 3.05) is 12.8 Å². The molecule has 110 valence electrons. The van der Waals surface area contributed by atoms with Gasteiger partial charge in [0.2, 0.25) is 0 Å². The minimum atomic E-state index is -0.953. The Hall–Kier alpha value is -1.99. The highest BCUT2D eigenvalue weighted by Gasteiger charge is 2.14. The highest BCUT2D eigenvalue weighted by molar-refractivity contribution is 7.98. The zero-order chi connectivity index (χ0) is 15.4. The number of esters is 1. The number of hydrogen-bond acceptors (Lipinski definition) is 6. The van der Waals surface area contributed by atoms with Gasteiger partial charge in [-0.15, -0.1) is 23.1 Å². The fourth-order valence-corrected chi connectivity index (χ4v) is 3.57. The van der Waals surface area contributed by atoms with Crippen LogP contribution in [-0.4, -0.2) is 24.2 Å². The number of benzene rings is 1. The lowest BCUT2D eigenvalue weighted by Gasteiger charge is -2.01. The van der Waals surface area contributed by atoms with Gasteiger partial charge in [-0.1, -0.05) is 6.07 Å².